The van der Waals surface area contributed by atoms with Crippen LogP contribution >= 0.6 is 0 Å². The Morgan fingerprint density at radius 3 is 2.44 bits per heavy atom. The number of pyridine rings is 1. The normalized spacial score (nSPS) is 13.7. The van der Waals surface area contributed by atoms with Crippen molar-refractivity contribution in [1.82, 2.24) is 4.98 Å². The third-order valence-electron chi connectivity index (χ3n) is 3.10. The Morgan fingerprint density at radius 2 is 1.78 bits per heavy atom. The van der Waals surface area contributed by atoms with E-state index in [0.717, 1.165) is 36.9 Å². The summed E-state index contributed by atoms with van der Waals surface area (Å²) in [6.07, 6.45) is 3.62. The highest BCUT2D eigenvalue weighted by molar-refractivity contribution is 5.95. The van der Waals surface area contributed by atoms with E-state index >= 15 is 0 Å². The van der Waals surface area contributed by atoms with Gasteiger partial charge in [0.1, 0.15) is 5.69 Å². The first-order chi connectivity index (χ1) is 8.67. The van der Waals surface area contributed by atoms with Crippen molar-refractivity contribution in [2.45, 2.75) is 25.7 Å². The highest BCUT2D eigenvalue weighted by Crippen LogP contribution is 2.24. The third kappa shape index (κ3) is 2.20. The zero-order valence-corrected chi connectivity index (χ0v) is 10.5. The molecule has 18 heavy (non-hydrogen) atoms. The average molecular weight is 249 g/mol. The van der Waals surface area contributed by atoms with Gasteiger partial charge < -0.3 is 9.47 Å². The number of rotatable bonds is 2. The Hall–Kier alpha value is -1.91. The first-order valence-corrected chi connectivity index (χ1v) is 5.86. The maximum atomic E-state index is 11.7. The number of ether oxygens (including phenoxy) is 2. The SMILES string of the molecule is COC(=O)c1cc(C(=O)OC)c2c(n1)CCCC2. The molecule has 0 spiro atoms. The van der Waals surface area contributed by atoms with Gasteiger partial charge in [0.2, 0.25) is 0 Å². The summed E-state index contributed by atoms with van der Waals surface area (Å²) in [5.41, 5.74) is 2.31. The molecule has 0 unspecified atom stereocenters. The van der Waals surface area contributed by atoms with Gasteiger partial charge in [0.15, 0.2) is 0 Å². The number of carbonyl (C=O) groups excluding carboxylic acids is 2. The Balaban J connectivity index is 2.54. The van der Waals surface area contributed by atoms with Crippen LogP contribution in [0.2, 0.25) is 0 Å². The van der Waals surface area contributed by atoms with Crippen molar-refractivity contribution < 1.29 is 19.1 Å². The topological polar surface area (TPSA) is 65.5 Å². The second-order valence-electron chi connectivity index (χ2n) is 4.17. The number of aryl methyl sites for hydroxylation is 1. The lowest BCUT2D eigenvalue weighted by atomic mass is 9.91. The predicted molar refractivity (Wildman–Crippen MR) is 63.6 cm³/mol. The molecular weight excluding hydrogens is 234 g/mol. The molecule has 1 aliphatic rings. The van der Waals surface area contributed by atoms with Crippen molar-refractivity contribution in [3.63, 3.8) is 0 Å². The Bertz CT molecular complexity index is 496. The molecule has 0 saturated heterocycles. The number of carbonyl (C=O) groups is 2. The minimum atomic E-state index is -0.534. The zero-order chi connectivity index (χ0) is 13.1. The summed E-state index contributed by atoms with van der Waals surface area (Å²) in [6, 6.07) is 1.46. The summed E-state index contributed by atoms with van der Waals surface area (Å²) in [5, 5.41) is 0. The molecule has 2 rings (SSSR count). The lowest BCUT2D eigenvalue weighted by Gasteiger charge is -2.18. The van der Waals surface area contributed by atoms with Crippen molar-refractivity contribution in [2.24, 2.45) is 0 Å². The molecule has 1 aliphatic carbocycles. The molecular formula is C13H15NO4. The van der Waals surface area contributed by atoms with Gasteiger partial charge in [-0.25, -0.2) is 14.6 Å². The molecule has 0 saturated carbocycles. The fourth-order valence-electron chi connectivity index (χ4n) is 2.21. The van der Waals surface area contributed by atoms with Crippen LogP contribution in [-0.2, 0) is 22.3 Å². The van der Waals surface area contributed by atoms with Gasteiger partial charge in [0.05, 0.1) is 19.8 Å². The van der Waals surface area contributed by atoms with Crippen LogP contribution in [0.1, 0.15) is 44.9 Å². The van der Waals surface area contributed by atoms with Crippen LogP contribution in [0, 0.1) is 0 Å². The maximum absolute atomic E-state index is 11.7. The zero-order valence-electron chi connectivity index (χ0n) is 10.5. The van der Waals surface area contributed by atoms with E-state index in [1.807, 2.05) is 0 Å². The molecule has 0 N–H and O–H groups in total. The van der Waals surface area contributed by atoms with E-state index in [2.05, 4.69) is 9.72 Å². The second kappa shape index (κ2) is 5.16. The molecule has 1 heterocycles. The first-order valence-electron chi connectivity index (χ1n) is 5.86. The lowest BCUT2D eigenvalue weighted by Crippen LogP contribution is -2.17. The molecule has 1 aromatic heterocycles. The van der Waals surface area contributed by atoms with Crippen LogP contribution < -0.4 is 0 Å². The smallest absolute Gasteiger partial charge is 0.356 e. The van der Waals surface area contributed by atoms with E-state index in [4.69, 9.17) is 4.74 Å². The average Bonchev–Trinajstić information content (AvgIpc) is 2.44. The van der Waals surface area contributed by atoms with E-state index in [-0.39, 0.29) is 5.69 Å². The first kappa shape index (κ1) is 12.5. The number of hydrogen-bond donors (Lipinski definition) is 0. The summed E-state index contributed by atoms with van der Waals surface area (Å²) >= 11 is 0. The summed E-state index contributed by atoms with van der Waals surface area (Å²) in [6.45, 7) is 0. The van der Waals surface area contributed by atoms with Crippen molar-refractivity contribution in [3.8, 4) is 0 Å². The van der Waals surface area contributed by atoms with Gasteiger partial charge in [-0.2, -0.15) is 0 Å². The molecule has 5 nitrogen and oxygen atoms in total. The fourth-order valence-corrected chi connectivity index (χ4v) is 2.21. The van der Waals surface area contributed by atoms with Gasteiger partial charge in [-0.15, -0.1) is 0 Å². The van der Waals surface area contributed by atoms with Crippen molar-refractivity contribution in [1.29, 1.82) is 0 Å². The largest absolute Gasteiger partial charge is 0.465 e. The molecule has 96 valence electrons. The summed E-state index contributed by atoms with van der Waals surface area (Å²) < 4.78 is 9.39. The van der Waals surface area contributed by atoms with Crippen molar-refractivity contribution in [3.05, 3.63) is 28.6 Å². The number of nitrogens with zero attached hydrogens (tertiary/aromatic N) is 1. The van der Waals surface area contributed by atoms with Gasteiger partial charge in [-0.1, -0.05) is 0 Å². The minimum Gasteiger partial charge on any atom is -0.465 e. The highest BCUT2D eigenvalue weighted by Gasteiger charge is 2.23. The second-order valence-corrected chi connectivity index (χ2v) is 4.17. The molecule has 0 radical (unpaired) electrons. The monoisotopic (exact) mass is 249 g/mol. The number of esters is 2. The molecule has 1 aromatic rings. The quantitative estimate of drug-likeness (QED) is 0.744. The predicted octanol–water partition coefficient (Wildman–Crippen LogP) is 1.53. The summed E-state index contributed by atoms with van der Waals surface area (Å²) in [7, 11) is 2.62. The van der Waals surface area contributed by atoms with Crippen LogP contribution in [0.3, 0.4) is 0 Å². The molecule has 0 aromatic carbocycles. The van der Waals surface area contributed by atoms with Gasteiger partial charge in [0, 0.05) is 5.69 Å². The molecule has 5 heteroatoms. The van der Waals surface area contributed by atoms with E-state index in [0.29, 0.717) is 5.56 Å². The fraction of sp³-hybridized carbons (Fsp3) is 0.462. The van der Waals surface area contributed by atoms with Crippen LogP contribution in [0.4, 0.5) is 0 Å². The van der Waals surface area contributed by atoms with Gasteiger partial charge in [-0.05, 0) is 37.3 Å². The number of fused-ring (bicyclic) bond motifs is 1. The molecule has 0 amide bonds. The molecule has 0 bridgehead atoms. The Morgan fingerprint density at radius 1 is 1.11 bits per heavy atom. The summed E-state index contributed by atoms with van der Waals surface area (Å²) in [4.78, 5) is 27.6. The Kier molecular flexibility index (Phi) is 3.60. The van der Waals surface area contributed by atoms with E-state index in [1.54, 1.807) is 0 Å². The maximum Gasteiger partial charge on any atom is 0.356 e. The van der Waals surface area contributed by atoms with Crippen molar-refractivity contribution in [2.75, 3.05) is 14.2 Å². The third-order valence-corrected chi connectivity index (χ3v) is 3.10. The molecule has 0 atom stereocenters. The van der Waals surface area contributed by atoms with Gasteiger partial charge in [0.25, 0.3) is 0 Å². The van der Waals surface area contributed by atoms with Crippen molar-refractivity contribution >= 4 is 11.9 Å². The summed E-state index contributed by atoms with van der Waals surface area (Å²) in [5.74, 6) is -0.964. The molecule has 0 fully saturated rings. The van der Waals surface area contributed by atoms with Crippen LogP contribution in [0.25, 0.3) is 0 Å². The molecule has 0 aliphatic heterocycles. The van der Waals surface area contributed by atoms with Crippen LogP contribution in [0.5, 0.6) is 0 Å². The standard InChI is InChI=1S/C13H15NO4/c1-17-12(15)9-7-11(13(16)18-2)14-10-6-4-3-5-8(9)10/h7H,3-6H2,1-2H3. The minimum absolute atomic E-state index is 0.165. The van der Waals surface area contributed by atoms with Crippen LogP contribution in [-0.4, -0.2) is 31.1 Å². The van der Waals surface area contributed by atoms with E-state index in [1.165, 1.54) is 20.3 Å². The number of methoxy groups -OCH3 is 2. The van der Waals surface area contributed by atoms with Gasteiger partial charge in [-0.3, -0.25) is 0 Å². The Labute approximate surface area is 105 Å². The van der Waals surface area contributed by atoms with E-state index in [9.17, 15) is 9.59 Å². The van der Waals surface area contributed by atoms with Crippen LogP contribution in [0.15, 0.2) is 6.07 Å². The highest BCUT2D eigenvalue weighted by atomic mass is 16.5. The lowest BCUT2D eigenvalue weighted by molar-refractivity contribution is 0.0592. The van der Waals surface area contributed by atoms with E-state index < -0.39 is 11.9 Å². The number of aromatic nitrogens is 1. The van der Waals surface area contributed by atoms with Gasteiger partial charge >= 0.3 is 11.9 Å². The number of hydrogen-bond acceptors (Lipinski definition) is 5.